The molecule has 6 fully saturated rings. The summed E-state index contributed by atoms with van der Waals surface area (Å²) in [5.74, 6) is -11.7. The number of ether oxygens (including phenoxy) is 1. The summed E-state index contributed by atoms with van der Waals surface area (Å²) >= 11 is 29.7. The molecule has 9 aliphatic heterocycles. The van der Waals surface area contributed by atoms with E-state index in [1.54, 1.807) is 19.1 Å². The summed E-state index contributed by atoms with van der Waals surface area (Å²) in [5, 5.41) is 91.6. The number of hydrazone groups is 1. The quantitative estimate of drug-likeness (QED) is 0.0172. The van der Waals surface area contributed by atoms with E-state index in [1.807, 2.05) is 0 Å². The molecular formula is C60H53N11O31S11. The Morgan fingerprint density at radius 2 is 1.12 bits per heavy atom. The molecule has 9 N–H and O–H groups in total. The van der Waals surface area contributed by atoms with Gasteiger partial charge in [-0.2, -0.15) is 10.2 Å². The lowest BCUT2D eigenvalue weighted by Gasteiger charge is -2.15. The Bertz CT molecular complexity index is 4620. The highest BCUT2D eigenvalue weighted by molar-refractivity contribution is 8.27. The molecule has 0 radical (unpaired) electrons. The second-order valence-electron chi connectivity index (χ2n) is 21.5. The fourth-order valence-corrected chi connectivity index (χ4v) is 16.4. The molecule has 0 atom stereocenters. The highest BCUT2D eigenvalue weighted by Crippen LogP contribution is 2.42. The van der Waals surface area contributed by atoms with Crippen molar-refractivity contribution in [3.63, 3.8) is 0 Å². The molecule has 0 unspecified atom stereocenters. The van der Waals surface area contributed by atoms with Crippen LogP contribution < -0.4 is 0 Å². The summed E-state index contributed by atoms with van der Waals surface area (Å²) < 4.78 is 29.3. The molecule has 9 aliphatic rings. The molecule has 2 aromatic carbocycles. The Labute approximate surface area is 682 Å². The molecule has 0 aliphatic carbocycles. The van der Waals surface area contributed by atoms with Gasteiger partial charge >= 0.3 is 53.7 Å². The highest BCUT2D eigenvalue weighted by atomic mass is 32.2. The first-order valence-electron chi connectivity index (χ1n) is 30.1. The van der Waals surface area contributed by atoms with Gasteiger partial charge in [0.2, 0.25) is 28.7 Å². The van der Waals surface area contributed by atoms with Crippen LogP contribution in [0.25, 0.3) is 10.4 Å². The number of amides is 7. The van der Waals surface area contributed by atoms with E-state index in [9.17, 15) is 89.9 Å². The zero-order valence-electron chi connectivity index (χ0n) is 57.0. The van der Waals surface area contributed by atoms with Crippen LogP contribution in [0, 0.1) is 17.9 Å². The molecule has 11 rings (SSSR count). The first-order valence-corrected chi connectivity index (χ1v) is 38.5. The van der Waals surface area contributed by atoms with Gasteiger partial charge in [0.25, 0.3) is 28.6 Å². The van der Waals surface area contributed by atoms with Gasteiger partial charge in [0.1, 0.15) is 69.9 Å². The minimum absolute atomic E-state index is 0.0168. The Morgan fingerprint density at radius 3 is 1.60 bits per heavy atom. The first-order chi connectivity index (χ1) is 52.9. The highest BCUT2D eigenvalue weighted by Gasteiger charge is 2.42. The lowest BCUT2D eigenvalue weighted by molar-refractivity contribution is -0.363. The molecule has 9 heterocycles. The number of carbonyl (C=O) groups is 17. The number of thiocarbonyl (C=S) groups is 5. The van der Waals surface area contributed by atoms with Gasteiger partial charge in [-0.15, -0.1) is 11.8 Å². The second-order valence-corrected chi connectivity index (χ2v) is 31.0. The number of allylic oxidation sites excluding steroid dienone is 1. The molecule has 600 valence electrons. The molecule has 0 spiro atoms. The number of Topliss-reactive ketones (excluding diaryl/α,β-unsaturated/α-hetero) is 1. The van der Waals surface area contributed by atoms with Gasteiger partial charge in [-0.25, -0.2) is 33.1 Å². The number of aromatic carboxylic acids is 2. The minimum atomic E-state index is -3.61. The molecule has 53 heteroatoms. The molecule has 2 aromatic rings. The van der Waals surface area contributed by atoms with Gasteiger partial charge in [-0.3, -0.25) is 101 Å². The van der Waals surface area contributed by atoms with Crippen molar-refractivity contribution in [2.75, 3.05) is 87.7 Å². The summed E-state index contributed by atoms with van der Waals surface area (Å²) in [7, 11) is -3.61. The molecule has 0 bridgehead atoms. The Kier molecular flexibility index (Phi) is 36.5. The van der Waals surface area contributed by atoms with Crippen LogP contribution in [0.1, 0.15) is 56.4 Å². The van der Waals surface area contributed by atoms with Crippen molar-refractivity contribution in [1.82, 2.24) is 39.5 Å². The summed E-state index contributed by atoms with van der Waals surface area (Å²) in [5.41, 5.74) is 1.17. The third kappa shape index (κ3) is 28.0. The number of hydrogen-bond donors (Lipinski definition) is 9. The van der Waals surface area contributed by atoms with Crippen molar-refractivity contribution in [2.24, 2.45) is 5.10 Å². The standard InChI is InChI=1S/C12H6N2O4S.C10H8N2O6S3.C9H6O3S.C7H8N2O5S.C6H8N2O3.C6H7NO3S2.C5H5NO4S.C5H5NO3S2/c1-14-10(5-13)9-6-19(17,18)11-3-2-7(12(15)16)4-8(9)11;13-4-3-20-9(11(4)1-5(14)15)7-8(18)12(2-6(16)17)10(19)21-7;10-7-4-13-8-2-1-5(9(11)12)3-6(7)8;1-2-13-14-9-3-5(10)8(7(9)15)4-6(11)12;1-4-2-5(9)8(7-4)3-6(10)11;8-4-3-12-6(11)7(4)2-1-5(9)10;7-3-2-10-5(11)6(3)1-4(8)9;7-3-2-11-5(10)6(3)1-4(8)9/h2-4H,6H2,(H,15,16);1-3H2,(H,14,15)(H,16,17);1-3H,4H2,(H,11,12);2H,1,3-4H2,(H,11,12);2-3H2,1H3,(H,10,11);1-3H2,(H,9,10);2*1-2H2,(H,8,9)/b10-9+;9-7+;;;;;;. The summed E-state index contributed by atoms with van der Waals surface area (Å²) in [6.07, 6.45) is 1.20. The summed E-state index contributed by atoms with van der Waals surface area (Å²) in [6, 6.07) is 9.85. The number of rotatable bonds is 20. The van der Waals surface area contributed by atoms with E-state index < -0.39 is 119 Å². The predicted molar refractivity (Wildman–Crippen MR) is 411 cm³/mol. The maximum Gasteiger partial charge on any atom is 0.335 e. The van der Waals surface area contributed by atoms with Crippen molar-refractivity contribution in [3.8, 4) is 6.07 Å². The topological polar surface area (TPSA) is 601 Å². The average molecular weight is 1780 g/mol. The van der Waals surface area contributed by atoms with Gasteiger partial charge in [-0.05, 0) is 78.9 Å². The Balaban J connectivity index is 0.000000275. The van der Waals surface area contributed by atoms with Gasteiger partial charge in [0.05, 0.1) is 75.3 Å². The average Bonchev–Trinajstić information content (AvgIpc) is 1.61. The van der Waals surface area contributed by atoms with E-state index in [4.69, 9.17) is 107 Å². The first kappa shape index (κ1) is 94.4. The van der Waals surface area contributed by atoms with Crippen LogP contribution in [0.5, 0.6) is 0 Å². The lowest BCUT2D eigenvalue weighted by atomic mass is 10.0. The number of hydroxylamine groups is 2. The van der Waals surface area contributed by atoms with Crippen LogP contribution in [0.2, 0.25) is 0 Å². The van der Waals surface area contributed by atoms with Crippen LogP contribution in [0.15, 0.2) is 79.8 Å². The summed E-state index contributed by atoms with van der Waals surface area (Å²) in [4.78, 5) is 203. The van der Waals surface area contributed by atoms with E-state index in [2.05, 4.69) is 43.4 Å². The van der Waals surface area contributed by atoms with E-state index >= 15 is 0 Å². The SMILES string of the molecule is C=COON1CC(=O)N(CC(=O)O)C1=S.CC1=NN(CC(=O)O)C(=O)C1.O=C(O)CCN1C(=O)CSC1=S.O=C(O)CN1C(=O)/C(=C2\SCC(=O)N2CC(=O)O)SC1=S.O=C(O)CN1C(=O)COC1=S.O=C(O)CN1C(=O)CSC1=S.O=C(O)c1ccc2c(c1)C(=O)CS2.[C-]#[N+]/C(C#N)=C1\CS(=O)(=O)c2ccc(C(=O)O)cc21. The third-order valence-corrected chi connectivity index (χ3v) is 22.6. The predicted octanol–water partition coefficient (Wildman–Crippen LogP) is 1.41. The molecule has 7 amide bonds. The Morgan fingerprint density at radius 1 is 0.619 bits per heavy atom. The third-order valence-electron chi connectivity index (χ3n) is 13.6. The number of carboxylic acid groups (broad SMARTS) is 9. The normalized spacial score (nSPS) is 17.8. The van der Waals surface area contributed by atoms with E-state index in [0.717, 1.165) is 69.3 Å². The van der Waals surface area contributed by atoms with Gasteiger partial charge < -0.3 is 55.6 Å². The van der Waals surface area contributed by atoms with Crippen molar-refractivity contribution < 1.29 is 150 Å². The second kappa shape index (κ2) is 43.7. The maximum absolute atomic E-state index is 12.2. The minimum Gasteiger partial charge on any atom is -0.481 e. The smallest absolute Gasteiger partial charge is 0.335 e. The monoisotopic (exact) mass is 1770 g/mol. The zero-order valence-corrected chi connectivity index (χ0v) is 66.0. The summed E-state index contributed by atoms with van der Waals surface area (Å²) in [6.45, 7) is 8.96. The number of fused-ring (bicyclic) bond motifs is 2. The maximum atomic E-state index is 12.2. The van der Waals surface area contributed by atoms with Gasteiger partial charge in [-0.1, -0.05) is 95.3 Å². The number of benzene rings is 2. The number of hydrogen-bond acceptors (Lipinski definition) is 34. The number of carbonyl (C=O) groups excluding carboxylic acids is 8. The largest absolute Gasteiger partial charge is 0.481 e. The van der Waals surface area contributed by atoms with Gasteiger partial charge in [0, 0.05) is 22.7 Å². The number of carboxylic acids is 9. The number of thioether (sulfide) groups is 5. The molecule has 6 saturated heterocycles. The van der Waals surface area contributed by atoms with Crippen LogP contribution >= 0.6 is 120 Å². The zero-order chi connectivity index (χ0) is 85.2. The van der Waals surface area contributed by atoms with Crippen molar-refractivity contribution in [1.29, 1.82) is 5.26 Å². The number of ketones is 1. The van der Waals surface area contributed by atoms with Crippen LogP contribution in [0.4, 0.5) is 0 Å². The Hall–Kier alpha value is -11.0. The van der Waals surface area contributed by atoms with E-state index in [0.29, 0.717) is 31.4 Å². The van der Waals surface area contributed by atoms with Crippen LogP contribution in [-0.4, -0.2) is 311 Å². The van der Waals surface area contributed by atoms with E-state index in [1.165, 1.54) is 70.5 Å². The van der Waals surface area contributed by atoms with Crippen LogP contribution in [0.3, 0.4) is 0 Å². The molecule has 0 saturated carbocycles. The molecule has 42 nitrogen and oxygen atoms in total. The van der Waals surface area contributed by atoms with Crippen LogP contribution in [-0.2, 0) is 91.6 Å². The lowest BCUT2D eigenvalue weighted by Crippen LogP contribution is -2.36. The fraction of sp³-hybridized carbons (Fsp3) is 0.283. The fourth-order valence-electron chi connectivity index (χ4n) is 8.73. The number of nitrogens with zero attached hydrogens (tertiary/aromatic N) is 11. The van der Waals surface area contributed by atoms with Crippen molar-refractivity contribution in [2.45, 2.75) is 29.6 Å². The van der Waals surface area contributed by atoms with Crippen molar-refractivity contribution in [3.05, 3.63) is 98.5 Å². The van der Waals surface area contributed by atoms with Crippen molar-refractivity contribution >= 4 is 265 Å². The number of aliphatic carboxylic acids is 7. The van der Waals surface area contributed by atoms with E-state index in [-0.39, 0.29) is 138 Å². The molecular weight excluding hydrogens is 1720 g/mol. The molecule has 113 heavy (non-hydrogen) atoms. The number of nitriles is 1. The van der Waals surface area contributed by atoms with Gasteiger partial charge in [0.15, 0.2) is 22.2 Å². The molecule has 0 aromatic heterocycles. The number of sulfone groups is 1.